The van der Waals surface area contributed by atoms with Gasteiger partial charge in [0.1, 0.15) is 0 Å². The molecule has 2 aliphatic carbocycles. The lowest BCUT2D eigenvalue weighted by Crippen LogP contribution is -2.32. The van der Waals surface area contributed by atoms with E-state index in [1.165, 1.54) is 23.5 Å². The largest absolute Gasteiger partial charge is 0.451 e. The fourth-order valence-electron chi connectivity index (χ4n) is 7.19. The first-order chi connectivity index (χ1) is 21.5. The Morgan fingerprint density at radius 2 is 1.69 bits per heavy atom. The second-order valence-electron chi connectivity index (χ2n) is 12.1. The van der Waals surface area contributed by atoms with Gasteiger partial charge in [0.2, 0.25) is 17.6 Å². The molecule has 5 unspecified atom stereocenters. The van der Waals surface area contributed by atoms with Crippen LogP contribution in [0.5, 0.6) is 0 Å². The van der Waals surface area contributed by atoms with Crippen molar-refractivity contribution in [1.29, 1.82) is 0 Å². The van der Waals surface area contributed by atoms with Crippen molar-refractivity contribution in [2.24, 2.45) is 23.7 Å². The molecule has 2 fully saturated rings. The van der Waals surface area contributed by atoms with Gasteiger partial charge in [0.05, 0.1) is 34.3 Å². The summed E-state index contributed by atoms with van der Waals surface area (Å²) in [4.78, 5) is 59.6. The summed E-state index contributed by atoms with van der Waals surface area (Å²) in [7, 11) is 0. The third-order valence-electron chi connectivity index (χ3n) is 9.45. The average molecular weight is 640 g/mol. The molecule has 3 aliphatic rings. The number of halogens is 2. The summed E-state index contributed by atoms with van der Waals surface area (Å²) in [6.45, 7) is 5.38. The number of aromatic nitrogens is 1. The molecule has 1 aliphatic heterocycles. The third kappa shape index (κ3) is 4.77. The van der Waals surface area contributed by atoms with E-state index >= 15 is 0 Å². The fourth-order valence-corrected chi connectivity index (χ4v) is 7.53. The average Bonchev–Trinajstić information content (AvgIpc) is 3.67. The molecule has 5 atom stereocenters. The monoisotopic (exact) mass is 638 g/mol. The molecule has 45 heavy (non-hydrogen) atoms. The van der Waals surface area contributed by atoms with Gasteiger partial charge in [-0.25, -0.2) is 9.78 Å². The van der Waals surface area contributed by atoms with Crippen LogP contribution >= 0.6 is 23.2 Å². The summed E-state index contributed by atoms with van der Waals surface area (Å²) in [5.74, 6) is -1.67. The van der Waals surface area contributed by atoms with Crippen molar-refractivity contribution in [2.45, 2.75) is 33.3 Å². The van der Waals surface area contributed by atoms with E-state index in [1.54, 1.807) is 60.7 Å². The predicted molar refractivity (Wildman–Crippen MR) is 172 cm³/mol. The number of Topliss-reactive ketones (excluding diaryl/α,β-unsaturated/α-hetero) is 1. The highest BCUT2D eigenvalue weighted by Gasteiger charge is 2.60. The van der Waals surface area contributed by atoms with Gasteiger partial charge < -0.3 is 4.74 Å². The van der Waals surface area contributed by atoms with Crippen molar-refractivity contribution in [3.05, 3.63) is 105 Å². The van der Waals surface area contributed by atoms with Crippen molar-refractivity contribution in [2.75, 3.05) is 4.90 Å². The van der Waals surface area contributed by atoms with E-state index in [2.05, 4.69) is 6.08 Å². The molecular weight excluding hydrogens is 611 g/mol. The Kier molecular flexibility index (Phi) is 7.14. The number of esters is 1. The minimum Gasteiger partial charge on any atom is -0.451 e. The van der Waals surface area contributed by atoms with Crippen molar-refractivity contribution in [3.8, 4) is 11.3 Å². The van der Waals surface area contributed by atoms with E-state index in [0.717, 1.165) is 6.42 Å². The molecule has 2 bridgehead atoms. The normalized spacial score (nSPS) is 22.5. The Balaban J connectivity index is 1.20. The van der Waals surface area contributed by atoms with E-state index in [-0.39, 0.29) is 46.8 Å². The molecule has 2 heterocycles. The summed E-state index contributed by atoms with van der Waals surface area (Å²) in [5.41, 5.74) is 4.60. The summed E-state index contributed by atoms with van der Waals surface area (Å²) < 4.78 is 5.66. The lowest BCUT2D eigenvalue weighted by molar-refractivity contribution is -0.123. The van der Waals surface area contributed by atoms with E-state index in [9.17, 15) is 19.2 Å². The second kappa shape index (κ2) is 10.9. The molecule has 4 aromatic rings. The van der Waals surface area contributed by atoms with Gasteiger partial charge in [-0.15, -0.1) is 0 Å². The van der Waals surface area contributed by atoms with E-state index in [1.807, 2.05) is 13.8 Å². The first-order valence-electron chi connectivity index (χ1n) is 14.8. The molecule has 226 valence electrons. The smallest absolute Gasteiger partial charge is 0.339 e. The van der Waals surface area contributed by atoms with Crippen LogP contribution in [0, 0.1) is 30.6 Å². The predicted octanol–water partition coefficient (Wildman–Crippen LogP) is 7.65. The molecule has 0 N–H and O–H groups in total. The highest BCUT2D eigenvalue weighted by Crippen LogP contribution is 2.56. The zero-order valence-electron chi connectivity index (χ0n) is 24.7. The molecule has 7 nitrogen and oxygen atoms in total. The topological polar surface area (TPSA) is 93.6 Å². The van der Waals surface area contributed by atoms with E-state index in [0.29, 0.717) is 49.0 Å². The molecule has 0 spiro atoms. The zero-order valence-corrected chi connectivity index (χ0v) is 26.2. The number of fused-ring (bicyclic) bond motifs is 6. The van der Waals surface area contributed by atoms with E-state index in [4.69, 9.17) is 32.9 Å². The van der Waals surface area contributed by atoms with Crippen LogP contribution in [0.3, 0.4) is 0 Å². The molecule has 1 saturated carbocycles. The highest BCUT2D eigenvalue weighted by molar-refractivity contribution is 6.32. The number of carbonyl (C=O) groups excluding carboxylic acids is 4. The van der Waals surface area contributed by atoms with Gasteiger partial charge in [-0.05, 0) is 81.0 Å². The number of benzene rings is 3. The molecule has 0 radical (unpaired) electrons. The maximum Gasteiger partial charge on any atom is 0.339 e. The molecule has 3 aromatic carbocycles. The Labute approximate surface area is 269 Å². The molecular formula is C36H28Cl2N2O5. The quantitative estimate of drug-likeness (QED) is 0.0932. The van der Waals surface area contributed by atoms with Gasteiger partial charge in [-0.1, -0.05) is 65.2 Å². The Morgan fingerprint density at radius 1 is 0.956 bits per heavy atom. The number of imide groups is 1. The minimum atomic E-state index is -1.07. The standard InChI is InChI=1S/C36H28Cl2N2O5/c1-17-13-22-15-26(17)31-30(22)34(42)40(35(31)43)24-9-7-20(8-10-24)29-16-27(25-11-12-28(38)18(2)32(25)39-29)36(44)45-19(3)33(41)21-5-4-6-23(37)14-21/h4-14,16,19,22,26,30-31H,15H2,1-3H3. The lowest BCUT2D eigenvalue weighted by Gasteiger charge is -2.19. The van der Waals surface area contributed by atoms with Crippen molar-refractivity contribution in [3.63, 3.8) is 0 Å². The Bertz CT molecular complexity index is 1990. The van der Waals surface area contributed by atoms with Crippen molar-refractivity contribution < 1.29 is 23.9 Å². The summed E-state index contributed by atoms with van der Waals surface area (Å²) in [6, 6.07) is 18.5. The number of nitrogens with zero attached hydrogens (tertiary/aromatic N) is 2. The number of ether oxygens (including phenoxy) is 1. The van der Waals surface area contributed by atoms with Gasteiger partial charge in [-0.2, -0.15) is 0 Å². The van der Waals surface area contributed by atoms with Crippen molar-refractivity contribution >= 4 is 63.4 Å². The number of allylic oxidation sites excluding steroid dienone is 2. The maximum atomic E-state index is 13.6. The number of aryl methyl sites for hydroxylation is 1. The number of hydrogen-bond donors (Lipinski definition) is 0. The van der Waals surface area contributed by atoms with Crippen LogP contribution in [0.15, 0.2) is 78.4 Å². The molecule has 7 rings (SSSR count). The Hall–Kier alpha value is -4.33. The maximum absolute atomic E-state index is 13.6. The van der Waals surface area contributed by atoms with Gasteiger partial charge in [-0.3, -0.25) is 19.3 Å². The molecule has 1 saturated heterocycles. The summed E-state index contributed by atoms with van der Waals surface area (Å²) in [6.07, 6.45) is 1.96. The lowest BCUT2D eigenvalue weighted by atomic mass is 9.82. The number of amides is 2. The molecule has 2 amide bonds. The van der Waals surface area contributed by atoms with E-state index < -0.39 is 12.1 Å². The van der Waals surface area contributed by atoms with Gasteiger partial charge in [0.15, 0.2) is 6.10 Å². The number of carbonyl (C=O) groups is 4. The van der Waals surface area contributed by atoms with Crippen LogP contribution in [0.1, 0.15) is 46.5 Å². The minimum absolute atomic E-state index is 0.124. The molecule has 1 aromatic heterocycles. The van der Waals surface area contributed by atoms with Crippen LogP contribution in [0.25, 0.3) is 22.2 Å². The Morgan fingerprint density at radius 3 is 2.42 bits per heavy atom. The van der Waals surface area contributed by atoms with Gasteiger partial charge >= 0.3 is 5.97 Å². The number of hydrogen-bond acceptors (Lipinski definition) is 6. The molecule has 9 heteroatoms. The van der Waals surface area contributed by atoms with Crippen LogP contribution < -0.4 is 4.90 Å². The first kappa shape index (κ1) is 29.4. The number of ketones is 1. The number of anilines is 1. The van der Waals surface area contributed by atoms with Crippen LogP contribution in [0.4, 0.5) is 5.69 Å². The first-order valence-corrected chi connectivity index (χ1v) is 15.6. The highest BCUT2D eigenvalue weighted by atomic mass is 35.5. The number of rotatable bonds is 6. The summed E-state index contributed by atoms with van der Waals surface area (Å²) >= 11 is 12.5. The SMILES string of the molecule is CC1=CC2CC1C1C(=O)N(c3ccc(-c4cc(C(=O)OC(C)C(=O)c5cccc(Cl)c5)c5ccc(Cl)c(C)c5n4)cc3)C(=O)C21. The summed E-state index contributed by atoms with van der Waals surface area (Å²) in [5, 5.41) is 1.42. The van der Waals surface area contributed by atoms with Crippen molar-refractivity contribution in [1.82, 2.24) is 4.98 Å². The second-order valence-corrected chi connectivity index (χ2v) is 12.9. The van der Waals surface area contributed by atoms with Crippen LogP contribution in [-0.2, 0) is 14.3 Å². The van der Waals surface area contributed by atoms with Crippen LogP contribution in [0.2, 0.25) is 10.0 Å². The van der Waals surface area contributed by atoms with Gasteiger partial charge in [0, 0.05) is 26.6 Å². The third-order valence-corrected chi connectivity index (χ3v) is 10.1. The zero-order chi connectivity index (χ0) is 31.7. The van der Waals surface area contributed by atoms with Gasteiger partial charge in [0.25, 0.3) is 0 Å². The number of pyridine rings is 1. The fraction of sp³-hybridized carbons (Fsp3) is 0.250. The van der Waals surface area contributed by atoms with Crippen LogP contribution in [-0.4, -0.2) is 34.7 Å².